The van der Waals surface area contributed by atoms with Crippen molar-refractivity contribution in [3.8, 4) is 0 Å². The van der Waals surface area contributed by atoms with E-state index in [9.17, 15) is 9.90 Å². The molecule has 1 aromatic carbocycles. The molecular formula is C23H30FN5O2. The van der Waals surface area contributed by atoms with Gasteiger partial charge >= 0.3 is 0 Å². The van der Waals surface area contributed by atoms with E-state index in [1.165, 1.54) is 0 Å². The van der Waals surface area contributed by atoms with Crippen LogP contribution in [-0.4, -0.2) is 78.7 Å². The zero-order valence-electron chi connectivity index (χ0n) is 18.0. The number of amides is 1. The Morgan fingerprint density at radius 1 is 1.19 bits per heavy atom. The minimum atomic E-state index is -0.623. The Kier molecular flexibility index (Phi) is 5.44. The summed E-state index contributed by atoms with van der Waals surface area (Å²) in [4.78, 5) is 23.3. The number of anilines is 2. The predicted octanol–water partition coefficient (Wildman–Crippen LogP) is 2.14. The number of carbonyl (C=O) groups excluding carboxylic acids is 1. The lowest BCUT2D eigenvalue weighted by atomic mass is 10.0. The van der Waals surface area contributed by atoms with E-state index in [1.54, 1.807) is 6.07 Å². The molecule has 166 valence electrons. The van der Waals surface area contributed by atoms with E-state index in [0.29, 0.717) is 24.2 Å². The van der Waals surface area contributed by atoms with Gasteiger partial charge in [0.1, 0.15) is 5.52 Å². The maximum Gasteiger partial charge on any atom is 0.236 e. The molecular weight excluding hydrogens is 397 g/mol. The molecule has 2 aromatic rings. The van der Waals surface area contributed by atoms with Gasteiger partial charge in [-0.15, -0.1) is 0 Å². The van der Waals surface area contributed by atoms with Gasteiger partial charge in [0.2, 0.25) is 5.91 Å². The Hall–Kier alpha value is -2.45. The predicted molar refractivity (Wildman–Crippen MR) is 119 cm³/mol. The van der Waals surface area contributed by atoms with Crippen molar-refractivity contribution in [2.24, 2.45) is 0 Å². The highest BCUT2D eigenvalue weighted by Gasteiger charge is 2.28. The molecule has 2 aliphatic heterocycles. The Labute approximate surface area is 181 Å². The van der Waals surface area contributed by atoms with Crippen LogP contribution in [0.1, 0.15) is 36.6 Å². The molecule has 3 heterocycles. The van der Waals surface area contributed by atoms with Crippen molar-refractivity contribution < 1.29 is 14.3 Å². The third-order valence-electron chi connectivity index (χ3n) is 6.95. The summed E-state index contributed by atoms with van der Waals surface area (Å²) in [6.45, 7) is 5.32. The summed E-state index contributed by atoms with van der Waals surface area (Å²) >= 11 is 0. The van der Waals surface area contributed by atoms with E-state index in [-0.39, 0.29) is 11.7 Å². The average Bonchev–Trinajstić information content (AvgIpc) is 3.44. The number of likely N-dealkylation sites (tertiary alicyclic amines) is 1. The fourth-order valence-electron chi connectivity index (χ4n) is 5.20. The summed E-state index contributed by atoms with van der Waals surface area (Å²) in [6, 6.07) is 3.56. The summed E-state index contributed by atoms with van der Waals surface area (Å²) in [6.07, 6.45) is 2.96. The van der Waals surface area contributed by atoms with Gasteiger partial charge in [-0.1, -0.05) is 0 Å². The second kappa shape index (κ2) is 8.24. The maximum absolute atomic E-state index is 15.1. The van der Waals surface area contributed by atoms with Crippen LogP contribution in [0.15, 0.2) is 12.1 Å². The number of fused-ring (bicyclic) bond motifs is 2. The molecule has 0 radical (unpaired) electrons. The minimum absolute atomic E-state index is 0.225. The van der Waals surface area contributed by atoms with E-state index in [4.69, 9.17) is 0 Å². The number of hydrogen-bond donors (Lipinski definition) is 2. The van der Waals surface area contributed by atoms with Crippen LogP contribution in [0.3, 0.4) is 0 Å². The number of nitrogens with one attached hydrogen (secondary N) is 1. The van der Waals surface area contributed by atoms with Crippen LogP contribution >= 0.6 is 0 Å². The van der Waals surface area contributed by atoms with Crippen LogP contribution in [0, 0.1) is 5.82 Å². The molecule has 7 nitrogen and oxygen atoms in total. The van der Waals surface area contributed by atoms with Gasteiger partial charge in [-0.25, -0.2) is 9.37 Å². The topological polar surface area (TPSA) is 71.9 Å². The van der Waals surface area contributed by atoms with Crippen LogP contribution in [0.25, 0.3) is 10.9 Å². The normalized spacial score (nSPS) is 21.7. The maximum atomic E-state index is 15.1. The number of piperazine rings is 1. The molecule has 3 aliphatic rings. The first-order valence-corrected chi connectivity index (χ1v) is 11.3. The molecule has 8 heteroatoms. The van der Waals surface area contributed by atoms with Crippen LogP contribution in [0.4, 0.5) is 15.8 Å². The molecule has 2 N–H and O–H groups in total. The number of rotatable bonds is 4. The van der Waals surface area contributed by atoms with Crippen LogP contribution in [-0.2, 0) is 11.2 Å². The Morgan fingerprint density at radius 3 is 2.65 bits per heavy atom. The number of carbonyl (C=O) groups is 1. The van der Waals surface area contributed by atoms with Crippen molar-refractivity contribution in [1.82, 2.24) is 14.8 Å². The zero-order chi connectivity index (χ0) is 21.5. The number of aliphatic hydroxyl groups excluding tert-OH is 1. The third kappa shape index (κ3) is 3.72. The number of nitrogens with zero attached hydrogens (tertiary/aromatic N) is 4. The SMILES string of the molecule is CNc1c2c(nc3c(F)cc(N4CCN(CC(=O)N5CCCC5)CC4)cc13)C(O)CC2. The lowest BCUT2D eigenvalue weighted by molar-refractivity contribution is -0.131. The molecule has 2 saturated heterocycles. The van der Waals surface area contributed by atoms with E-state index in [1.807, 2.05) is 18.0 Å². The van der Waals surface area contributed by atoms with E-state index in [0.717, 1.165) is 80.9 Å². The fraction of sp³-hybridized carbons (Fsp3) is 0.565. The van der Waals surface area contributed by atoms with Gasteiger partial charge in [-0.2, -0.15) is 0 Å². The quantitative estimate of drug-likeness (QED) is 0.779. The van der Waals surface area contributed by atoms with Gasteiger partial charge in [-0.05, 0) is 37.8 Å². The summed E-state index contributed by atoms with van der Waals surface area (Å²) in [5.41, 5.74) is 3.60. The van der Waals surface area contributed by atoms with E-state index >= 15 is 4.39 Å². The standard InChI is InChI=1S/C23H30FN5O2/c1-25-21-16-4-5-19(30)23(16)26-22-17(21)12-15(13-18(22)24)28-10-8-27(9-11-28)14-20(31)29-6-2-3-7-29/h12-13,19,30H,2-11,14H2,1H3,(H,25,26). The largest absolute Gasteiger partial charge is 0.387 e. The van der Waals surface area contributed by atoms with Crippen molar-refractivity contribution in [3.63, 3.8) is 0 Å². The minimum Gasteiger partial charge on any atom is -0.387 e. The Morgan fingerprint density at radius 2 is 1.94 bits per heavy atom. The third-order valence-corrected chi connectivity index (χ3v) is 6.95. The van der Waals surface area contributed by atoms with E-state index in [2.05, 4.69) is 20.1 Å². The molecule has 1 amide bonds. The van der Waals surface area contributed by atoms with Gasteiger partial charge in [0.05, 0.1) is 18.3 Å². The number of aromatic nitrogens is 1. The Balaban J connectivity index is 1.35. The van der Waals surface area contributed by atoms with Crippen molar-refractivity contribution in [3.05, 3.63) is 29.2 Å². The molecule has 1 unspecified atom stereocenters. The summed E-state index contributed by atoms with van der Waals surface area (Å²) in [5.74, 6) is -0.138. The number of pyridine rings is 1. The summed E-state index contributed by atoms with van der Waals surface area (Å²) < 4.78 is 15.1. The molecule has 0 saturated carbocycles. The molecule has 5 rings (SSSR count). The molecule has 1 atom stereocenters. The van der Waals surface area contributed by atoms with Crippen molar-refractivity contribution in [2.75, 3.05) is 63.1 Å². The molecule has 0 spiro atoms. The molecule has 1 aromatic heterocycles. The van der Waals surface area contributed by atoms with E-state index < -0.39 is 6.10 Å². The lowest BCUT2D eigenvalue weighted by Crippen LogP contribution is -2.49. The highest BCUT2D eigenvalue weighted by molar-refractivity contribution is 5.96. The first kappa shape index (κ1) is 20.5. The van der Waals surface area contributed by atoms with Gasteiger partial charge in [0, 0.05) is 68.6 Å². The van der Waals surface area contributed by atoms with Crippen molar-refractivity contribution >= 4 is 28.2 Å². The summed E-state index contributed by atoms with van der Waals surface area (Å²) in [7, 11) is 1.83. The van der Waals surface area contributed by atoms with Crippen LogP contribution in [0.5, 0.6) is 0 Å². The second-order valence-electron chi connectivity index (χ2n) is 8.83. The fourth-order valence-corrected chi connectivity index (χ4v) is 5.20. The average molecular weight is 428 g/mol. The monoisotopic (exact) mass is 427 g/mol. The lowest BCUT2D eigenvalue weighted by Gasteiger charge is -2.36. The van der Waals surface area contributed by atoms with Crippen LogP contribution < -0.4 is 10.2 Å². The Bertz CT molecular complexity index is 999. The highest BCUT2D eigenvalue weighted by Crippen LogP contribution is 2.40. The van der Waals surface area contributed by atoms with Crippen molar-refractivity contribution in [2.45, 2.75) is 31.8 Å². The second-order valence-corrected chi connectivity index (χ2v) is 8.83. The molecule has 2 fully saturated rings. The first-order chi connectivity index (χ1) is 15.0. The number of benzene rings is 1. The summed E-state index contributed by atoms with van der Waals surface area (Å²) in [5, 5.41) is 14.2. The highest BCUT2D eigenvalue weighted by atomic mass is 19.1. The molecule has 31 heavy (non-hydrogen) atoms. The number of hydrogen-bond acceptors (Lipinski definition) is 6. The first-order valence-electron chi connectivity index (χ1n) is 11.3. The van der Waals surface area contributed by atoms with Gasteiger partial charge in [0.25, 0.3) is 0 Å². The smallest absolute Gasteiger partial charge is 0.236 e. The number of halogens is 1. The molecule has 1 aliphatic carbocycles. The van der Waals surface area contributed by atoms with Crippen molar-refractivity contribution in [1.29, 1.82) is 0 Å². The van der Waals surface area contributed by atoms with Gasteiger partial charge in [-0.3, -0.25) is 9.69 Å². The van der Waals surface area contributed by atoms with Crippen LogP contribution in [0.2, 0.25) is 0 Å². The molecule has 0 bridgehead atoms. The number of aliphatic hydroxyl groups is 1. The van der Waals surface area contributed by atoms with Gasteiger partial charge in [0.15, 0.2) is 5.82 Å². The zero-order valence-corrected chi connectivity index (χ0v) is 18.0. The van der Waals surface area contributed by atoms with Gasteiger partial charge < -0.3 is 20.2 Å².